The Morgan fingerprint density at radius 1 is 1.15 bits per heavy atom. The van der Waals surface area contributed by atoms with E-state index in [-0.39, 0.29) is 24.3 Å². The number of hydrogen-bond donors (Lipinski definition) is 2. The van der Waals surface area contributed by atoms with E-state index < -0.39 is 12.1 Å². The molecule has 1 saturated carbocycles. The van der Waals surface area contributed by atoms with E-state index in [0.717, 1.165) is 18.4 Å². The number of amides is 2. The lowest BCUT2D eigenvalue weighted by molar-refractivity contribution is -0.154. The average molecular weight is 374 g/mol. The summed E-state index contributed by atoms with van der Waals surface area (Å²) in [6, 6.07) is 7.10. The predicted octanol–water partition coefficient (Wildman–Crippen LogP) is 3.06. The zero-order chi connectivity index (χ0) is 20.0. The van der Waals surface area contributed by atoms with Gasteiger partial charge in [-0.3, -0.25) is 14.4 Å². The molecule has 1 fully saturated rings. The number of nitrogens with one attached hydrogen (secondary N) is 2. The molecule has 6 heteroatoms. The standard InChI is InChI=1S/C21H30N2O4/c1-13-6-5-7-19(14(13)2)23-21(26)15(3)27-20(25)12-17-8-10-18(11-9-17)22-16(4)24/h8-11,13-15,19H,5-7,12H2,1-4H3,(H,22,24)(H,23,26)/t13-,14+,15+,19-/m0/s1. The van der Waals surface area contributed by atoms with Crippen molar-refractivity contribution in [2.45, 2.75) is 65.5 Å². The van der Waals surface area contributed by atoms with Gasteiger partial charge in [0.15, 0.2) is 6.10 Å². The summed E-state index contributed by atoms with van der Waals surface area (Å²) in [6.07, 6.45) is 2.53. The summed E-state index contributed by atoms with van der Waals surface area (Å²) in [5, 5.41) is 5.71. The smallest absolute Gasteiger partial charge is 0.311 e. The van der Waals surface area contributed by atoms with Crippen LogP contribution in [-0.4, -0.2) is 29.9 Å². The van der Waals surface area contributed by atoms with Crippen LogP contribution in [0, 0.1) is 11.8 Å². The molecule has 0 heterocycles. The van der Waals surface area contributed by atoms with Gasteiger partial charge in [-0.1, -0.05) is 38.8 Å². The molecule has 27 heavy (non-hydrogen) atoms. The Hall–Kier alpha value is -2.37. The third kappa shape index (κ3) is 6.38. The topological polar surface area (TPSA) is 84.5 Å². The number of carbonyl (C=O) groups is 3. The maximum atomic E-state index is 12.4. The van der Waals surface area contributed by atoms with Gasteiger partial charge in [-0.15, -0.1) is 0 Å². The minimum absolute atomic E-state index is 0.0782. The van der Waals surface area contributed by atoms with Crippen molar-refractivity contribution in [1.29, 1.82) is 0 Å². The van der Waals surface area contributed by atoms with Gasteiger partial charge < -0.3 is 15.4 Å². The predicted molar refractivity (Wildman–Crippen MR) is 104 cm³/mol. The van der Waals surface area contributed by atoms with Gasteiger partial charge in [-0.2, -0.15) is 0 Å². The second-order valence-electron chi connectivity index (χ2n) is 7.57. The number of carbonyl (C=O) groups excluding carboxylic acids is 3. The van der Waals surface area contributed by atoms with Crippen LogP contribution in [-0.2, 0) is 25.5 Å². The number of benzene rings is 1. The quantitative estimate of drug-likeness (QED) is 0.750. The van der Waals surface area contributed by atoms with Gasteiger partial charge in [0.25, 0.3) is 5.91 Å². The Kier molecular flexibility index (Phi) is 7.39. The van der Waals surface area contributed by atoms with E-state index in [0.29, 0.717) is 17.5 Å². The van der Waals surface area contributed by atoms with E-state index in [9.17, 15) is 14.4 Å². The number of hydrogen-bond acceptors (Lipinski definition) is 4. The normalized spacial score (nSPS) is 23.2. The summed E-state index contributed by atoms with van der Waals surface area (Å²) in [5.74, 6) is 0.170. The highest BCUT2D eigenvalue weighted by Crippen LogP contribution is 2.29. The Bertz CT molecular complexity index is 671. The summed E-state index contributed by atoms with van der Waals surface area (Å²) >= 11 is 0. The van der Waals surface area contributed by atoms with Crippen molar-refractivity contribution in [2.24, 2.45) is 11.8 Å². The van der Waals surface area contributed by atoms with E-state index >= 15 is 0 Å². The molecule has 1 aromatic rings. The third-order valence-electron chi connectivity index (χ3n) is 5.33. The number of esters is 1. The van der Waals surface area contributed by atoms with E-state index in [2.05, 4.69) is 24.5 Å². The van der Waals surface area contributed by atoms with Crippen LogP contribution in [0.3, 0.4) is 0 Å². The van der Waals surface area contributed by atoms with E-state index in [4.69, 9.17) is 4.74 Å². The molecule has 4 atom stereocenters. The van der Waals surface area contributed by atoms with Crippen LogP contribution in [0.5, 0.6) is 0 Å². The van der Waals surface area contributed by atoms with E-state index in [1.54, 1.807) is 31.2 Å². The highest BCUT2D eigenvalue weighted by Gasteiger charge is 2.30. The molecule has 6 nitrogen and oxygen atoms in total. The summed E-state index contributed by atoms with van der Waals surface area (Å²) in [4.78, 5) is 35.5. The van der Waals surface area contributed by atoms with Gasteiger partial charge in [0.2, 0.25) is 5.91 Å². The fraction of sp³-hybridized carbons (Fsp3) is 0.571. The van der Waals surface area contributed by atoms with E-state index in [1.165, 1.54) is 13.3 Å². The highest BCUT2D eigenvalue weighted by atomic mass is 16.5. The first kappa shape index (κ1) is 20.9. The zero-order valence-electron chi connectivity index (χ0n) is 16.6. The van der Waals surface area contributed by atoms with Crippen molar-refractivity contribution in [2.75, 3.05) is 5.32 Å². The molecule has 0 aliphatic heterocycles. The maximum Gasteiger partial charge on any atom is 0.311 e. The first-order chi connectivity index (χ1) is 12.8. The molecule has 0 aromatic heterocycles. The molecule has 148 valence electrons. The molecular weight excluding hydrogens is 344 g/mol. The molecule has 1 aliphatic rings. The number of anilines is 1. The molecule has 2 amide bonds. The molecule has 0 radical (unpaired) electrons. The lowest BCUT2D eigenvalue weighted by atomic mass is 9.78. The van der Waals surface area contributed by atoms with Crippen molar-refractivity contribution in [3.8, 4) is 0 Å². The minimum atomic E-state index is -0.819. The van der Waals surface area contributed by atoms with Crippen molar-refractivity contribution >= 4 is 23.5 Å². The summed E-state index contributed by atoms with van der Waals surface area (Å²) < 4.78 is 5.29. The molecule has 0 saturated heterocycles. The fourth-order valence-electron chi connectivity index (χ4n) is 3.45. The first-order valence-electron chi connectivity index (χ1n) is 9.62. The third-order valence-corrected chi connectivity index (χ3v) is 5.33. The largest absolute Gasteiger partial charge is 0.452 e. The molecule has 1 aliphatic carbocycles. The molecule has 2 N–H and O–H groups in total. The summed E-state index contributed by atoms with van der Waals surface area (Å²) in [5.41, 5.74) is 1.43. The van der Waals surface area contributed by atoms with Crippen molar-refractivity contribution in [3.05, 3.63) is 29.8 Å². The molecule has 2 rings (SSSR count). The number of rotatable bonds is 6. The summed E-state index contributed by atoms with van der Waals surface area (Å²) in [7, 11) is 0. The Morgan fingerprint density at radius 3 is 2.44 bits per heavy atom. The minimum Gasteiger partial charge on any atom is -0.452 e. The SMILES string of the molecule is CC(=O)Nc1ccc(CC(=O)O[C@H](C)C(=O)N[C@H]2CCC[C@H](C)[C@H]2C)cc1. The van der Waals surface area contributed by atoms with Crippen molar-refractivity contribution in [3.63, 3.8) is 0 Å². The van der Waals surface area contributed by atoms with Crippen LogP contribution in [0.1, 0.15) is 52.5 Å². The van der Waals surface area contributed by atoms with Crippen LogP contribution in [0.15, 0.2) is 24.3 Å². The van der Waals surface area contributed by atoms with Gasteiger partial charge in [0.1, 0.15) is 0 Å². The zero-order valence-corrected chi connectivity index (χ0v) is 16.6. The lowest BCUT2D eigenvalue weighted by Crippen LogP contribution is -2.47. The van der Waals surface area contributed by atoms with Crippen LogP contribution in [0.2, 0.25) is 0 Å². The van der Waals surface area contributed by atoms with Crippen LogP contribution in [0.4, 0.5) is 5.69 Å². The fourth-order valence-corrected chi connectivity index (χ4v) is 3.45. The molecule has 0 unspecified atom stereocenters. The van der Waals surface area contributed by atoms with Crippen LogP contribution < -0.4 is 10.6 Å². The first-order valence-corrected chi connectivity index (χ1v) is 9.62. The Morgan fingerprint density at radius 2 is 1.81 bits per heavy atom. The van der Waals surface area contributed by atoms with Crippen molar-refractivity contribution in [1.82, 2.24) is 5.32 Å². The van der Waals surface area contributed by atoms with Crippen LogP contribution in [0.25, 0.3) is 0 Å². The molecular formula is C21H30N2O4. The average Bonchev–Trinajstić information content (AvgIpc) is 2.60. The van der Waals surface area contributed by atoms with Gasteiger partial charge in [-0.05, 0) is 42.9 Å². The lowest BCUT2D eigenvalue weighted by Gasteiger charge is -2.35. The van der Waals surface area contributed by atoms with Gasteiger partial charge in [0, 0.05) is 18.7 Å². The van der Waals surface area contributed by atoms with E-state index in [1.807, 2.05) is 0 Å². The Labute approximate surface area is 161 Å². The van der Waals surface area contributed by atoms with Crippen molar-refractivity contribution < 1.29 is 19.1 Å². The monoisotopic (exact) mass is 374 g/mol. The van der Waals surface area contributed by atoms with Crippen LogP contribution >= 0.6 is 0 Å². The Balaban J connectivity index is 1.82. The second-order valence-corrected chi connectivity index (χ2v) is 7.57. The highest BCUT2D eigenvalue weighted by molar-refractivity contribution is 5.88. The second kappa shape index (κ2) is 9.53. The molecule has 0 spiro atoms. The maximum absolute atomic E-state index is 12.4. The summed E-state index contributed by atoms with van der Waals surface area (Å²) in [6.45, 7) is 7.41. The molecule has 0 bridgehead atoms. The van der Waals surface area contributed by atoms with Gasteiger partial charge in [0.05, 0.1) is 6.42 Å². The van der Waals surface area contributed by atoms with Gasteiger partial charge in [-0.25, -0.2) is 0 Å². The number of ether oxygens (including phenoxy) is 1. The van der Waals surface area contributed by atoms with Gasteiger partial charge >= 0.3 is 5.97 Å². The molecule has 1 aromatic carbocycles.